The quantitative estimate of drug-likeness (QED) is 0.667. The van der Waals surface area contributed by atoms with E-state index in [1.165, 1.54) is 0 Å². The lowest BCUT2D eigenvalue weighted by atomic mass is 9.68. The van der Waals surface area contributed by atoms with E-state index in [9.17, 15) is 0 Å². The van der Waals surface area contributed by atoms with Crippen LogP contribution in [0.5, 0.6) is 0 Å². The van der Waals surface area contributed by atoms with Crippen LogP contribution in [0, 0.1) is 5.41 Å². The van der Waals surface area contributed by atoms with Crippen LogP contribution in [0.3, 0.4) is 0 Å². The van der Waals surface area contributed by atoms with E-state index in [2.05, 4.69) is 19.2 Å². The fraction of sp³-hybridized carbons (Fsp3) is 1.00. The van der Waals surface area contributed by atoms with Gasteiger partial charge < -0.3 is 14.2 Å². The summed E-state index contributed by atoms with van der Waals surface area (Å²) in [5, 5.41) is 3.51. The Kier molecular flexibility index (Phi) is 2.34. The first kappa shape index (κ1) is 11.0. The van der Waals surface area contributed by atoms with Crippen molar-refractivity contribution in [2.75, 3.05) is 33.0 Å². The molecule has 2 spiro atoms. The standard InChI is InChI=1S/C12H21NO3/c1-10(2)7-13-12(8-15-9-12)16-11(10)3-5-14-6-4-11/h13H,3-9H2,1-2H3. The normalized spacial score (nSPS) is 34.9. The van der Waals surface area contributed by atoms with Gasteiger partial charge in [0, 0.05) is 38.0 Å². The summed E-state index contributed by atoms with van der Waals surface area (Å²) in [5.74, 6) is 0. The summed E-state index contributed by atoms with van der Waals surface area (Å²) in [6, 6.07) is 0. The van der Waals surface area contributed by atoms with Crippen molar-refractivity contribution in [3.8, 4) is 0 Å². The van der Waals surface area contributed by atoms with Crippen LogP contribution in [-0.4, -0.2) is 44.3 Å². The van der Waals surface area contributed by atoms with Crippen molar-refractivity contribution in [3.63, 3.8) is 0 Å². The zero-order chi connectivity index (χ0) is 11.3. The summed E-state index contributed by atoms with van der Waals surface area (Å²) < 4.78 is 17.2. The van der Waals surface area contributed by atoms with Crippen molar-refractivity contribution >= 4 is 0 Å². The molecule has 92 valence electrons. The highest BCUT2D eigenvalue weighted by atomic mass is 16.6. The first-order chi connectivity index (χ1) is 7.58. The second kappa shape index (κ2) is 3.42. The lowest BCUT2D eigenvalue weighted by molar-refractivity contribution is -0.336. The Labute approximate surface area is 96.6 Å². The molecule has 0 amide bonds. The molecule has 3 heterocycles. The average molecular weight is 227 g/mol. The molecule has 3 aliphatic rings. The Hall–Kier alpha value is -0.160. The maximum atomic E-state index is 6.44. The molecule has 1 N–H and O–H groups in total. The van der Waals surface area contributed by atoms with Crippen molar-refractivity contribution in [1.82, 2.24) is 5.32 Å². The highest BCUT2D eigenvalue weighted by molar-refractivity contribution is 5.06. The summed E-state index contributed by atoms with van der Waals surface area (Å²) >= 11 is 0. The summed E-state index contributed by atoms with van der Waals surface area (Å²) in [6.07, 6.45) is 2.01. The minimum absolute atomic E-state index is 0.0275. The molecule has 0 aromatic rings. The molecule has 0 bridgehead atoms. The van der Waals surface area contributed by atoms with E-state index in [-0.39, 0.29) is 16.7 Å². The zero-order valence-corrected chi connectivity index (χ0v) is 10.2. The predicted molar refractivity (Wildman–Crippen MR) is 59.2 cm³/mol. The fourth-order valence-corrected chi connectivity index (χ4v) is 3.02. The number of hydrogen-bond donors (Lipinski definition) is 1. The molecule has 16 heavy (non-hydrogen) atoms. The molecule has 0 atom stereocenters. The lowest BCUT2D eigenvalue weighted by Gasteiger charge is -2.60. The van der Waals surface area contributed by atoms with Crippen LogP contribution in [0.25, 0.3) is 0 Å². The molecule has 0 aliphatic carbocycles. The average Bonchev–Trinajstić information content (AvgIpc) is 2.22. The third-order valence-corrected chi connectivity index (χ3v) is 4.45. The summed E-state index contributed by atoms with van der Waals surface area (Å²) in [4.78, 5) is 0. The first-order valence-electron chi connectivity index (χ1n) is 6.18. The highest BCUT2D eigenvalue weighted by Crippen LogP contribution is 2.47. The van der Waals surface area contributed by atoms with Crippen LogP contribution in [0.4, 0.5) is 0 Å². The second-order valence-corrected chi connectivity index (χ2v) is 5.93. The van der Waals surface area contributed by atoms with Crippen molar-refractivity contribution in [3.05, 3.63) is 0 Å². The number of rotatable bonds is 0. The summed E-state index contributed by atoms with van der Waals surface area (Å²) in [7, 11) is 0. The van der Waals surface area contributed by atoms with Crippen LogP contribution >= 0.6 is 0 Å². The van der Waals surface area contributed by atoms with Gasteiger partial charge in [-0.15, -0.1) is 0 Å². The minimum atomic E-state index is -0.202. The lowest BCUT2D eigenvalue weighted by Crippen LogP contribution is -2.75. The van der Waals surface area contributed by atoms with Crippen LogP contribution in [0.2, 0.25) is 0 Å². The Balaban J connectivity index is 1.85. The largest absolute Gasteiger partial charge is 0.381 e. The van der Waals surface area contributed by atoms with Gasteiger partial charge in [0.25, 0.3) is 0 Å². The van der Waals surface area contributed by atoms with Crippen molar-refractivity contribution in [2.45, 2.75) is 38.0 Å². The van der Waals surface area contributed by atoms with E-state index in [0.29, 0.717) is 13.2 Å². The number of ether oxygens (including phenoxy) is 3. The molecule has 0 aromatic heterocycles. The van der Waals surface area contributed by atoms with Gasteiger partial charge in [-0.05, 0) is 0 Å². The third-order valence-electron chi connectivity index (χ3n) is 4.45. The molecule has 0 aromatic carbocycles. The van der Waals surface area contributed by atoms with Gasteiger partial charge >= 0.3 is 0 Å². The van der Waals surface area contributed by atoms with Gasteiger partial charge in [0.05, 0.1) is 18.8 Å². The number of hydrogen-bond acceptors (Lipinski definition) is 4. The summed E-state index contributed by atoms with van der Waals surface area (Å²) in [6.45, 7) is 8.59. The Morgan fingerprint density at radius 2 is 1.69 bits per heavy atom. The SMILES string of the molecule is CC1(C)CNC2(COC2)OC12CCOCC2. The number of nitrogens with one attached hydrogen (secondary N) is 1. The molecule has 0 radical (unpaired) electrons. The van der Waals surface area contributed by atoms with Gasteiger partial charge in [0.2, 0.25) is 0 Å². The molecular weight excluding hydrogens is 206 g/mol. The highest BCUT2D eigenvalue weighted by Gasteiger charge is 2.58. The minimum Gasteiger partial charge on any atom is -0.381 e. The fourth-order valence-electron chi connectivity index (χ4n) is 3.02. The van der Waals surface area contributed by atoms with Crippen molar-refractivity contribution in [1.29, 1.82) is 0 Å². The van der Waals surface area contributed by atoms with E-state index in [1.807, 2.05) is 0 Å². The second-order valence-electron chi connectivity index (χ2n) is 5.93. The summed E-state index contributed by atoms with van der Waals surface area (Å²) in [5.41, 5.74) is -0.0647. The van der Waals surface area contributed by atoms with E-state index in [0.717, 1.165) is 32.6 Å². The van der Waals surface area contributed by atoms with Gasteiger partial charge in [0.15, 0.2) is 5.72 Å². The van der Waals surface area contributed by atoms with Crippen LogP contribution in [0.1, 0.15) is 26.7 Å². The van der Waals surface area contributed by atoms with Crippen LogP contribution < -0.4 is 5.32 Å². The van der Waals surface area contributed by atoms with E-state index < -0.39 is 0 Å². The predicted octanol–water partition coefficient (Wildman–Crippen LogP) is 0.908. The van der Waals surface area contributed by atoms with E-state index in [1.54, 1.807) is 0 Å². The molecule has 3 fully saturated rings. The Morgan fingerprint density at radius 1 is 1.00 bits per heavy atom. The molecule has 3 aliphatic heterocycles. The molecule has 4 heteroatoms. The third kappa shape index (κ3) is 1.44. The molecule has 0 unspecified atom stereocenters. The maximum Gasteiger partial charge on any atom is 0.167 e. The van der Waals surface area contributed by atoms with Gasteiger partial charge in [-0.1, -0.05) is 13.8 Å². The van der Waals surface area contributed by atoms with Gasteiger partial charge in [-0.2, -0.15) is 0 Å². The topological polar surface area (TPSA) is 39.7 Å². The molecule has 3 rings (SSSR count). The smallest absolute Gasteiger partial charge is 0.167 e. The molecule has 0 saturated carbocycles. The molecule has 3 saturated heterocycles. The van der Waals surface area contributed by atoms with E-state index >= 15 is 0 Å². The Bertz CT molecular complexity index is 280. The molecule has 4 nitrogen and oxygen atoms in total. The first-order valence-corrected chi connectivity index (χ1v) is 6.18. The van der Waals surface area contributed by atoms with Crippen molar-refractivity contribution < 1.29 is 14.2 Å². The van der Waals surface area contributed by atoms with Gasteiger partial charge in [0.1, 0.15) is 0 Å². The van der Waals surface area contributed by atoms with Crippen LogP contribution in [0.15, 0.2) is 0 Å². The van der Waals surface area contributed by atoms with Crippen LogP contribution in [-0.2, 0) is 14.2 Å². The molecular formula is C12H21NO3. The van der Waals surface area contributed by atoms with Crippen molar-refractivity contribution in [2.24, 2.45) is 5.41 Å². The van der Waals surface area contributed by atoms with Gasteiger partial charge in [-0.25, -0.2) is 0 Å². The van der Waals surface area contributed by atoms with E-state index in [4.69, 9.17) is 14.2 Å². The zero-order valence-electron chi connectivity index (χ0n) is 10.2. The Morgan fingerprint density at radius 3 is 2.25 bits per heavy atom. The van der Waals surface area contributed by atoms with Gasteiger partial charge in [-0.3, -0.25) is 5.32 Å². The monoisotopic (exact) mass is 227 g/mol. The maximum absolute atomic E-state index is 6.44.